The Balaban J connectivity index is 1.97. The zero-order valence-corrected chi connectivity index (χ0v) is 13.0. The van der Waals surface area contributed by atoms with Gasteiger partial charge in [0.2, 0.25) is 9.84 Å². The average molecular weight is 338 g/mol. The maximum absolute atomic E-state index is 12.4. The highest BCUT2D eigenvalue weighted by Gasteiger charge is 2.27. The minimum atomic E-state index is -4.52. The lowest BCUT2D eigenvalue weighted by Gasteiger charge is -2.18. The van der Waals surface area contributed by atoms with E-state index in [0.29, 0.717) is 17.7 Å². The summed E-state index contributed by atoms with van der Waals surface area (Å²) >= 11 is 5.92. The maximum Gasteiger partial charge on any atom is 0.341 e. The lowest BCUT2D eigenvalue weighted by Crippen LogP contribution is -2.19. The summed E-state index contributed by atoms with van der Waals surface area (Å²) in [4.78, 5) is -0.359. The van der Waals surface area contributed by atoms with E-state index < -0.39 is 15.6 Å². The summed E-state index contributed by atoms with van der Waals surface area (Å²) in [5.41, 5.74) is 0.725. The quantitative estimate of drug-likeness (QED) is 0.804. The first kappa shape index (κ1) is 16.5. The van der Waals surface area contributed by atoms with Crippen LogP contribution in [0, 0.1) is 11.8 Å². The number of benzene rings is 1. The number of halogens is 3. The van der Waals surface area contributed by atoms with Crippen LogP contribution in [0.1, 0.15) is 19.3 Å². The van der Waals surface area contributed by atoms with Crippen molar-refractivity contribution >= 4 is 27.1 Å². The Hall–Kier alpha value is -0.880. The van der Waals surface area contributed by atoms with Crippen molar-refractivity contribution in [1.82, 2.24) is 0 Å². The zero-order chi connectivity index (χ0) is 15.5. The third-order valence-electron chi connectivity index (χ3n) is 4.00. The van der Waals surface area contributed by atoms with Gasteiger partial charge in [-0.2, -0.15) is 8.78 Å². The first-order chi connectivity index (χ1) is 9.95. The highest BCUT2D eigenvalue weighted by Crippen LogP contribution is 2.32. The fourth-order valence-electron chi connectivity index (χ4n) is 2.70. The van der Waals surface area contributed by atoms with Crippen LogP contribution in [0.2, 0.25) is 0 Å². The Morgan fingerprint density at radius 3 is 2.38 bits per heavy atom. The van der Waals surface area contributed by atoms with Crippen LogP contribution in [0.15, 0.2) is 29.2 Å². The number of hydrogen-bond acceptors (Lipinski definition) is 3. The van der Waals surface area contributed by atoms with Gasteiger partial charge in [-0.25, -0.2) is 8.42 Å². The number of sulfone groups is 1. The van der Waals surface area contributed by atoms with Crippen molar-refractivity contribution in [2.75, 3.05) is 17.7 Å². The Kier molecular flexibility index (Phi) is 5.43. The lowest BCUT2D eigenvalue weighted by atomic mass is 9.98. The molecule has 0 aromatic heterocycles. The molecule has 21 heavy (non-hydrogen) atoms. The fourth-order valence-corrected chi connectivity index (χ4v) is 3.83. The van der Waals surface area contributed by atoms with E-state index in [1.165, 1.54) is 30.7 Å². The van der Waals surface area contributed by atoms with Crippen LogP contribution < -0.4 is 5.32 Å². The molecule has 1 aromatic rings. The van der Waals surface area contributed by atoms with E-state index in [1.807, 2.05) is 0 Å². The lowest BCUT2D eigenvalue weighted by molar-refractivity contribution is 0.234. The van der Waals surface area contributed by atoms with Crippen molar-refractivity contribution in [3.63, 3.8) is 0 Å². The van der Waals surface area contributed by atoms with Gasteiger partial charge in [0, 0.05) is 18.1 Å². The van der Waals surface area contributed by atoms with Gasteiger partial charge in [-0.3, -0.25) is 0 Å². The van der Waals surface area contributed by atoms with Gasteiger partial charge in [-0.05, 0) is 48.9 Å². The third-order valence-corrected chi connectivity index (χ3v) is 5.80. The second-order valence-corrected chi connectivity index (χ2v) is 7.54. The van der Waals surface area contributed by atoms with Gasteiger partial charge in [0.25, 0.3) is 0 Å². The van der Waals surface area contributed by atoms with Crippen LogP contribution in [0.25, 0.3) is 0 Å². The molecule has 1 aliphatic rings. The number of hydrogen-bond donors (Lipinski definition) is 1. The summed E-state index contributed by atoms with van der Waals surface area (Å²) in [6.45, 7) is 0.762. The molecular formula is C14H18ClF2NO2S. The van der Waals surface area contributed by atoms with Gasteiger partial charge in [0.1, 0.15) is 0 Å². The zero-order valence-electron chi connectivity index (χ0n) is 11.4. The summed E-state index contributed by atoms with van der Waals surface area (Å²) in [5.74, 6) is -1.72. The number of rotatable bonds is 6. The highest BCUT2D eigenvalue weighted by molar-refractivity contribution is 7.91. The van der Waals surface area contributed by atoms with E-state index in [0.717, 1.165) is 25.1 Å². The standard InChI is InChI=1S/C14H18ClF2NO2S/c15-8-10-2-1-3-11(10)9-18-12-4-6-13(7-5-12)21(19,20)14(16)17/h4-7,10-11,14,18H,1-3,8-9H2. The molecule has 0 saturated heterocycles. The molecule has 7 heteroatoms. The van der Waals surface area contributed by atoms with Gasteiger partial charge in [0.05, 0.1) is 4.90 Å². The van der Waals surface area contributed by atoms with Crippen LogP contribution in [-0.2, 0) is 9.84 Å². The minimum Gasteiger partial charge on any atom is -0.385 e. The van der Waals surface area contributed by atoms with E-state index in [-0.39, 0.29) is 4.90 Å². The normalized spacial score (nSPS) is 22.7. The second-order valence-electron chi connectivity index (χ2n) is 5.32. The average Bonchev–Trinajstić information content (AvgIpc) is 2.92. The van der Waals surface area contributed by atoms with Crippen molar-refractivity contribution in [2.24, 2.45) is 11.8 Å². The predicted molar refractivity (Wildman–Crippen MR) is 79.7 cm³/mol. The van der Waals surface area contributed by atoms with Gasteiger partial charge in [-0.1, -0.05) is 6.42 Å². The Bertz CT molecular complexity index is 563. The van der Waals surface area contributed by atoms with Gasteiger partial charge in [-0.15, -0.1) is 11.6 Å². The van der Waals surface area contributed by atoms with Crippen LogP contribution >= 0.6 is 11.6 Å². The highest BCUT2D eigenvalue weighted by atomic mass is 35.5. The Morgan fingerprint density at radius 2 is 1.81 bits per heavy atom. The van der Waals surface area contributed by atoms with Crippen molar-refractivity contribution in [2.45, 2.75) is 29.9 Å². The van der Waals surface area contributed by atoms with Crippen LogP contribution in [0.3, 0.4) is 0 Å². The molecule has 2 rings (SSSR count). The van der Waals surface area contributed by atoms with Crippen LogP contribution in [0.5, 0.6) is 0 Å². The molecule has 3 nitrogen and oxygen atoms in total. The summed E-state index contributed by atoms with van der Waals surface area (Å²) in [5, 5.41) is 3.22. The molecule has 2 unspecified atom stereocenters. The topological polar surface area (TPSA) is 46.2 Å². The number of anilines is 1. The molecule has 1 N–H and O–H groups in total. The molecule has 1 fully saturated rings. The summed E-state index contributed by atoms with van der Waals surface area (Å²) in [6.07, 6.45) is 3.44. The molecule has 1 saturated carbocycles. The predicted octanol–water partition coefficient (Wildman–Crippen LogP) is 3.75. The molecule has 2 atom stereocenters. The Morgan fingerprint density at radius 1 is 1.19 bits per heavy atom. The smallest absolute Gasteiger partial charge is 0.341 e. The third kappa shape index (κ3) is 3.86. The number of alkyl halides is 3. The van der Waals surface area contributed by atoms with Crippen LogP contribution in [-0.4, -0.2) is 26.6 Å². The van der Waals surface area contributed by atoms with E-state index >= 15 is 0 Å². The molecule has 0 spiro atoms. The molecule has 0 amide bonds. The largest absolute Gasteiger partial charge is 0.385 e. The van der Waals surface area contributed by atoms with E-state index in [2.05, 4.69) is 5.32 Å². The molecule has 0 radical (unpaired) electrons. The first-order valence-corrected chi connectivity index (χ1v) is 8.95. The molecule has 1 aliphatic carbocycles. The molecular weight excluding hydrogens is 320 g/mol. The Labute approximate surface area is 128 Å². The summed E-state index contributed by atoms with van der Waals surface area (Å²) < 4.78 is 47.4. The molecule has 0 aliphatic heterocycles. The summed E-state index contributed by atoms with van der Waals surface area (Å²) in [7, 11) is -4.52. The van der Waals surface area contributed by atoms with Crippen molar-refractivity contribution in [3.05, 3.63) is 24.3 Å². The van der Waals surface area contributed by atoms with Crippen molar-refractivity contribution < 1.29 is 17.2 Å². The van der Waals surface area contributed by atoms with Crippen molar-refractivity contribution in [3.8, 4) is 0 Å². The monoisotopic (exact) mass is 337 g/mol. The summed E-state index contributed by atoms with van der Waals surface area (Å²) in [6, 6.07) is 5.44. The number of nitrogens with one attached hydrogen (secondary N) is 1. The molecule has 0 heterocycles. The minimum absolute atomic E-state index is 0.359. The first-order valence-electron chi connectivity index (χ1n) is 6.87. The molecule has 118 valence electrons. The van der Waals surface area contributed by atoms with E-state index in [9.17, 15) is 17.2 Å². The van der Waals surface area contributed by atoms with Gasteiger partial charge < -0.3 is 5.32 Å². The van der Waals surface area contributed by atoms with Crippen molar-refractivity contribution in [1.29, 1.82) is 0 Å². The van der Waals surface area contributed by atoms with E-state index in [4.69, 9.17) is 11.6 Å². The second kappa shape index (κ2) is 6.92. The maximum atomic E-state index is 12.4. The van der Waals surface area contributed by atoms with Gasteiger partial charge in [0.15, 0.2) is 0 Å². The molecule has 1 aromatic carbocycles. The SMILES string of the molecule is O=S(=O)(c1ccc(NCC2CCCC2CCl)cc1)C(F)F. The van der Waals surface area contributed by atoms with Gasteiger partial charge >= 0.3 is 5.76 Å². The molecule has 0 bridgehead atoms. The fraction of sp³-hybridized carbons (Fsp3) is 0.571. The van der Waals surface area contributed by atoms with E-state index in [1.54, 1.807) is 0 Å². The van der Waals surface area contributed by atoms with Crippen LogP contribution in [0.4, 0.5) is 14.5 Å².